The van der Waals surface area contributed by atoms with E-state index < -0.39 is 21.9 Å². The Labute approximate surface area is 166 Å². The van der Waals surface area contributed by atoms with Crippen molar-refractivity contribution in [3.8, 4) is 0 Å². The van der Waals surface area contributed by atoms with Gasteiger partial charge in [0.2, 0.25) is 21.9 Å². The maximum absolute atomic E-state index is 12.3. The summed E-state index contributed by atoms with van der Waals surface area (Å²) in [5.74, 6) is -0.849. The molecule has 0 atom stereocenters. The Hall–Kier alpha value is -2.64. The van der Waals surface area contributed by atoms with Crippen LogP contribution in [-0.2, 0) is 30.9 Å². The second-order valence-electron chi connectivity index (χ2n) is 5.65. The van der Waals surface area contributed by atoms with Crippen molar-refractivity contribution >= 4 is 45.3 Å². The van der Waals surface area contributed by atoms with E-state index >= 15 is 0 Å². The number of carbonyl (C=O) groups is 2. The lowest BCUT2D eigenvalue weighted by Crippen LogP contribution is -2.22. The zero-order chi connectivity index (χ0) is 20.9. The van der Waals surface area contributed by atoms with Crippen LogP contribution in [0.2, 0.25) is 0 Å². The summed E-state index contributed by atoms with van der Waals surface area (Å²) in [5, 5.41) is 10.5. The lowest BCUT2D eigenvalue weighted by Gasteiger charge is -2.12. The van der Waals surface area contributed by atoms with Crippen molar-refractivity contribution in [3.63, 3.8) is 0 Å². The highest BCUT2D eigenvalue weighted by molar-refractivity contribution is 7.99. The summed E-state index contributed by atoms with van der Waals surface area (Å²) in [6, 6.07) is 5.76. The number of methoxy groups -OCH3 is 1. The van der Waals surface area contributed by atoms with Gasteiger partial charge in [-0.25, -0.2) is 12.7 Å². The van der Waals surface area contributed by atoms with Crippen molar-refractivity contribution in [2.75, 3.05) is 38.0 Å². The van der Waals surface area contributed by atoms with Gasteiger partial charge >= 0.3 is 5.97 Å². The van der Waals surface area contributed by atoms with Crippen LogP contribution in [0.3, 0.4) is 0 Å². The van der Waals surface area contributed by atoms with Gasteiger partial charge in [0, 0.05) is 19.8 Å². The summed E-state index contributed by atoms with van der Waals surface area (Å²) in [5.41, 5.74) is 6.14. The van der Waals surface area contributed by atoms with Gasteiger partial charge in [-0.2, -0.15) is 0 Å². The maximum atomic E-state index is 12.3. The molecular weight excluding hydrogens is 408 g/mol. The molecule has 0 bridgehead atoms. The molecule has 0 aliphatic carbocycles. The third-order valence-electron chi connectivity index (χ3n) is 3.51. The summed E-state index contributed by atoms with van der Waals surface area (Å²) >= 11 is 1.04. The zero-order valence-corrected chi connectivity index (χ0v) is 17.1. The second kappa shape index (κ2) is 9.03. The van der Waals surface area contributed by atoms with Crippen molar-refractivity contribution in [2.24, 2.45) is 0 Å². The Morgan fingerprint density at radius 3 is 2.46 bits per heavy atom. The van der Waals surface area contributed by atoms with Crippen LogP contribution in [-0.4, -0.2) is 66.3 Å². The number of carbonyl (C=O) groups excluding carboxylic acids is 2. The van der Waals surface area contributed by atoms with Crippen molar-refractivity contribution in [2.45, 2.75) is 16.6 Å². The van der Waals surface area contributed by atoms with Crippen LogP contribution in [0.4, 0.5) is 11.6 Å². The Balaban J connectivity index is 2.05. The standard InChI is InChI=1S/C15H20N6O5S2/c1-20(2)28(24,25)11-6-4-10(5-7-11)17-12(22)8-21-14(16)18-19-15(21)27-9-13(23)26-3/h4-7H,8-9H2,1-3H3,(H2,16,18)(H,17,22). The van der Waals surface area contributed by atoms with E-state index in [1.54, 1.807) is 0 Å². The lowest BCUT2D eigenvalue weighted by molar-refractivity contribution is -0.137. The van der Waals surface area contributed by atoms with Crippen LogP contribution in [0, 0.1) is 0 Å². The highest BCUT2D eigenvalue weighted by atomic mass is 32.2. The topological polar surface area (TPSA) is 150 Å². The third-order valence-corrected chi connectivity index (χ3v) is 6.28. The Bertz CT molecular complexity index is 956. The van der Waals surface area contributed by atoms with E-state index in [1.807, 2.05) is 0 Å². The normalized spacial score (nSPS) is 11.4. The molecule has 2 rings (SSSR count). The molecule has 1 heterocycles. The molecule has 0 aliphatic rings. The summed E-state index contributed by atoms with van der Waals surface area (Å²) in [7, 11) is 0.591. The average Bonchev–Trinajstić information content (AvgIpc) is 2.99. The minimum atomic E-state index is -3.55. The van der Waals surface area contributed by atoms with Crippen LogP contribution in [0.25, 0.3) is 0 Å². The van der Waals surface area contributed by atoms with Crippen LogP contribution in [0.15, 0.2) is 34.3 Å². The van der Waals surface area contributed by atoms with Gasteiger partial charge in [0.15, 0.2) is 5.16 Å². The highest BCUT2D eigenvalue weighted by Crippen LogP contribution is 2.19. The molecule has 1 aromatic heterocycles. The number of nitrogens with two attached hydrogens (primary N) is 1. The van der Waals surface area contributed by atoms with Gasteiger partial charge in [0.05, 0.1) is 17.8 Å². The molecule has 1 aromatic carbocycles. The van der Waals surface area contributed by atoms with Crippen LogP contribution in [0.5, 0.6) is 0 Å². The smallest absolute Gasteiger partial charge is 0.316 e. The molecule has 11 nitrogen and oxygen atoms in total. The summed E-state index contributed by atoms with van der Waals surface area (Å²) in [6.45, 7) is -0.180. The summed E-state index contributed by atoms with van der Waals surface area (Å²) in [4.78, 5) is 23.7. The summed E-state index contributed by atoms with van der Waals surface area (Å²) in [6.07, 6.45) is 0. The first kappa shape index (κ1) is 21.7. The molecule has 0 unspecified atom stereocenters. The van der Waals surface area contributed by atoms with Crippen LogP contribution in [0.1, 0.15) is 0 Å². The van der Waals surface area contributed by atoms with E-state index in [1.165, 1.54) is 50.0 Å². The largest absolute Gasteiger partial charge is 0.468 e. The fraction of sp³-hybridized carbons (Fsp3) is 0.333. The number of esters is 1. The number of nitrogens with one attached hydrogen (secondary N) is 1. The predicted molar refractivity (Wildman–Crippen MR) is 103 cm³/mol. The van der Waals surface area contributed by atoms with Gasteiger partial charge in [-0.05, 0) is 24.3 Å². The first-order valence-electron chi connectivity index (χ1n) is 7.86. The molecule has 152 valence electrons. The molecule has 0 fully saturated rings. The van der Waals surface area contributed by atoms with Gasteiger partial charge < -0.3 is 15.8 Å². The number of nitrogen functional groups attached to an aromatic ring is 1. The van der Waals surface area contributed by atoms with Gasteiger partial charge in [0.25, 0.3) is 0 Å². The zero-order valence-electron chi connectivity index (χ0n) is 15.4. The lowest BCUT2D eigenvalue weighted by atomic mass is 10.3. The average molecular weight is 428 g/mol. The first-order chi connectivity index (χ1) is 13.1. The number of hydrogen-bond acceptors (Lipinski definition) is 9. The fourth-order valence-electron chi connectivity index (χ4n) is 2.00. The summed E-state index contributed by atoms with van der Waals surface area (Å²) < 4.78 is 31.1. The molecule has 0 radical (unpaired) electrons. The van der Waals surface area contributed by atoms with E-state index in [4.69, 9.17) is 5.73 Å². The highest BCUT2D eigenvalue weighted by Gasteiger charge is 2.18. The van der Waals surface area contributed by atoms with Crippen molar-refractivity contribution < 1.29 is 22.7 Å². The van der Waals surface area contributed by atoms with Crippen LogP contribution < -0.4 is 11.1 Å². The second-order valence-corrected chi connectivity index (χ2v) is 8.75. The molecule has 1 amide bonds. The Morgan fingerprint density at radius 2 is 1.89 bits per heavy atom. The first-order valence-corrected chi connectivity index (χ1v) is 10.3. The van der Waals surface area contributed by atoms with Crippen molar-refractivity contribution in [1.82, 2.24) is 19.1 Å². The quantitative estimate of drug-likeness (QED) is 0.438. The Morgan fingerprint density at radius 1 is 1.25 bits per heavy atom. The van der Waals surface area contributed by atoms with Crippen LogP contribution >= 0.6 is 11.8 Å². The minimum absolute atomic E-state index is 0.00192. The number of benzene rings is 1. The Kier molecular flexibility index (Phi) is 6.99. The molecule has 0 spiro atoms. The number of nitrogens with zero attached hydrogens (tertiary/aromatic N) is 4. The number of amides is 1. The SMILES string of the molecule is COC(=O)CSc1nnc(N)n1CC(=O)Nc1ccc(S(=O)(=O)N(C)C)cc1. The predicted octanol–water partition coefficient (Wildman–Crippen LogP) is 0.0144. The number of aromatic nitrogens is 3. The number of hydrogen-bond donors (Lipinski definition) is 2. The molecule has 0 saturated heterocycles. The fourth-order valence-corrected chi connectivity index (χ4v) is 3.68. The number of anilines is 2. The van der Waals surface area contributed by atoms with Crippen molar-refractivity contribution in [3.05, 3.63) is 24.3 Å². The van der Waals surface area contributed by atoms with E-state index in [0.717, 1.165) is 16.1 Å². The van der Waals surface area contributed by atoms with E-state index in [2.05, 4.69) is 20.3 Å². The molecule has 3 N–H and O–H groups in total. The van der Waals surface area contributed by atoms with E-state index in [0.29, 0.717) is 10.8 Å². The van der Waals surface area contributed by atoms with Gasteiger partial charge in [-0.3, -0.25) is 14.2 Å². The molecule has 13 heteroatoms. The molecule has 2 aromatic rings. The molecule has 28 heavy (non-hydrogen) atoms. The minimum Gasteiger partial charge on any atom is -0.468 e. The molecule has 0 saturated carbocycles. The van der Waals surface area contributed by atoms with Gasteiger partial charge in [-0.15, -0.1) is 10.2 Å². The van der Waals surface area contributed by atoms with Crippen molar-refractivity contribution in [1.29, 1.82) is 0 Å². The van der Waals surface area contributed by atoms with E-state index in [-0.39, 0.29) is 23.1 Å². The third kappa shape index (κ3) is 5.21. The maximum Gasteiger partial charge on any atom is 0.316 e. The van der Waals surface area contributed by atoms with E-state index in [9.17, 15) is 18.0 Å². The number of ether oxygens (including phenoxy) is 1. The monoisotopic (exact) mass is 428 g/mol. The number of thioether (sulfide) groups is 1. The molecular formula is C15H20N6O5S2. The van der Waals surface area contributed by atoms with Gasteiger partial charge in [0.1, 0.15) is 6.54 Å². The van der Waals surface area contributed by atoms with Gasteiger partial charge in [-0.1, -0.05) is 11.8 Å². The number of sulfonamides is 1. The molecule has 0 aliphatic heterocycles. The number of rotatable bonds is 8.